The number of aliphatic hydroxyl groups is 6. The number of carbonyl (C=O) groups excluding carboxylic acids is 1. The molecule has 22 heavy (non-hydrogen) atoms. The maximum Gasteiger partial charge on any atom is 0.187 e. The first-order chi connectivity index (χ1) is 10.4. The lowest BCUT2D eigenvalue weighted by Crippen LogP contribution is -2.61. The molecule has 130 valence electrons. The van der Waals surface area contributed by atoms with Crippen LogP contribution < -0.4 is 11.3 Å². The van der Waals surface area contributed by atoms with Crippen LogP contribution in [-0.4, -0.2) is 99.1 Å². The fraction of sp³-hybridized carbons (Fsp3) is 0.909. The molecule has 0 aromatic rings. The van der Waals surface area contributed by atoms with Crippen molar-refractivity contribution < 1.29 is 44.9 Å². The van der Waals surface area contributed by atoms with Gasteiger partial charge in [-0.25, -0.2) is 0 Å². The average molecular weight is 326 g/mol. The van der Waals surface area contributed by atoms with Gasteiger partial charge in [0, 0.05) is 0 Å². The zero-order chi connectivity index (χ0) is 16.9. The van der Waals surface area contributed by atoms with E-state index in [1.165, 1.54) is 0 Å². The summed E-state index contributed by atoms with van der Waals surface area (Å²) < 4.78 is 10.2. The first-order valence-corrected chi connectivity index (χ1v) is 6.58. The zero-order valence-corrected chi connectivity index (χ0v) is 11.6. The number of ether oxygens (including phenoxy) is 2. The zero-order valence-electron chi connectivity index (χ0n) is 11.6. The van der Waals surface area contributed by atoms with Crippen molar-refractivity contribution >= 4 is 5.78 Å². The van der Waals surface area contributed by atoms with Crippen molar-refractivity contribution in [2.75, 3.05) is 19.8 Å². The van der Waals surface area contributed by atoms with E-state index in [2.05, 4.69) is 5.43 Å². The quantitative estimate of drug-likeness (QED) is 0.156. The third kappa shape index (κ3) is 4.39. The molecule has 1 aliphatic rings. The second-order valence-corrected chi connectivity index (χ2v) is 4.85. The Morgan fingerprint density at radius 1 is 1.23 bits per heavy atom. The van der Waals surface area contributed by atoms with E-state index in [9.17, 15) is 25.2 Å². The molecule has 0 aromatic carbocycles. The molecule has 0 amide bonds. The second kappa shape index (κ2) is 8.79. The minimum absolute atomic E-state index is 0.390. The highest BCUT2D eigenvalue weighted by Gasteiger charge is 2.46. The number of hydrogen-bond donors (Lipinski definition) is 8. The van der Waals surface area contributed by atoms with E-state index in [1.54, 1.807) is 0 Å². The lowest BCUT2D eigenvalue weighted by Gasteiger charge is -2.41. The Bertz CT molecular complexity index is 356. The average Bonchev–Trinajstić information content (AvgIpc) is 2.51. The van der Waals surface area contributed by atoms with Gasteiger partial charge >= 0.3 is 0 Å². The van der Waals surface area contributed by atoms with Crippen molar-refractivity contribution in [3.8, 4) is 0 Å². The number of rotatable bonds is 8. The molecule has 0 bridgehead atoms. The van der Waals surface area contributed by atoms with Crippen molar-refractivity contribution in [1.29, 1.82) is 0 Å². The van der Waals surface area contributed by atoms with Gasteiger partial charge in [0.05, 0.1) is 19.8 Å². The standard InChI is InChI=1S/C11H22N2O9/c12-13-1-4(16)10(5(17)2-14)22-11-9(20)8(19)7(18)6(3-15)21-11/h5-11,13-15,17-20H,1-3,12H2/t5-,6-,7+,8+,9-,10+,11+/m1/s1. The van der Waals surface area contributed by atoms with Gasteiger partial charge in [-0.15, -0.1) is 0 Å². The molecule has 0 aromatic heterocycles. The lowest BCUT2D eigenvalue weighted by molar-refractivity contribution is -0.314. The van der Waals surface area contributed by atoms with E-state index in [-0.39, 0.29) is 6.54 Å². The lowest BCUT2D eigenvalue weighted by atomic mass is 9.99. The maximum absolute atomic E-state index is 11.8. The Kier molecular flexibility index (Phi) is 7.71. The first kappa shape index (κ1) is 19.3. The highest BCUT2D eigenvalue weighted by Crippen LogP contribution is 2.23. The number of hydrazine groups is 1. The van der Waals surface area contributed by atoms with E-state index in [4.69, 9.17) is 25.5 Å². The van der Waals surface area contributed by atoms with Crippen LogP contribution in [0, 0.1) is 0 Å². The summed E-state index contributed by atoms with van der Waals surface area (Å²) >= 11 is 0. The van der Waals surface area contributed by atoms with Crippen LogP contribution in [0.1, 0.15) is 0 Å². The van der Waals surface area contributed by atoms with Crippen LogP contribution in [0.3, 0.4) is 0 Å². The normalized spacial score (nSPS) is 35.1. The molecular weight excluding hydrogens is 304 g/mol. The smallest absolute Gasteiger partial charge is 0.187 e. The molecule has 1 fully saturated rings. The van der Waals surface area contributed by atoms with Crippen LogP contribution >= 0.6 is 0 Å². The minimum Gasteiger partial charge on any atom is -0.394 e. The van der Waals surface area contributed by atoms with E-state index < -0.39 is 61.9 Å². The first-order valence-electron chi connectivity index (χ1n) is 6.58. The number of nitrogens with two attached hydrogens (primary N) is 1. The Hall–Kier alpha value is -0.730. The molecule has 0 spiro atoms. The van der Waals surface area contributed by atoms with Gasteiger partial charge in [-0.1, -0.05) is 0 Å². The predicted molar refractivity (Wildman–Crippen MR) is 68.9 cm³/mol. The molecule has 9 N–H and O–H groups in total. The third-order valence-corrected chi connectivity index (χ3v) is 3.26. The predicted octanol–water partition coefficient (Wildman–Crippen LogP) is -5.44. The molecule has 1 aliphatic heterocycles. The summed E-state index contributed by atoms with van der Waals surface area (Å²) in [5, 5.41) is 56.6. The number of Topliss-reactive ketones (excluding diaryl/α,β-unsaturated/α-hetero) is 1. The SMILES string of the molecule is NNCC(=O)[C@H](O[C@@H]1O[C@H](CO)[C@H](O)[C@H](O)[C@H]1O)[C@H](O)CO. The molecule has 0 aliphatic carbocycles. The fourth-order valence-electron chi connectivity index (χ4n) is 2.00. The Morgan fingerprint density at radius 3 is 2.36 bits per heavy atom. The molecule has 11 heteroatoms. The summed E-state index contributed by atoms with van der Waals surface area (Å²) in [6.45, 7) is -1.87. The van der Waals surface area contributed by atoms with Gasteiger partial charge in [0.1, 0.15) is 36.6 Å². The summed E-state index contributed by atoms with van der Waals surface area (Å²) in [6.07, 6.45) is -11.0. The second-order valence-electron chi connectivity index (χ2n) is 4.85. The number of nitrogens with one attached hydrogen (secondary N) is 1. The molecule has 7 atom stereocenters. The molecular formula is C11H22N2O9. The van der Waals surface area contributed by atoms with Gasteiger partial charge < -0.3 is 40.1 Å². The molecule has 1 heterocycles. The summed E-state index contributed by atoms with van der Waals surface area (Å²) in [5.41, 5.74) is 2.06. The molecule has 0 unspecified atom stereocenters. The summed E-state index contributed by atoms with van der Waals surface area (Å²) in [4.78, 5) is 11.8. The highest BCUT2D eigenvalue weighted by atomic mass is 16.7. The van der Waals surface area contributed by atoms with Crippen molar-refractivity contribution in [3.05, 3.63) is 0 Å². The summed E-state index contributed by atoms with van der Waals surface area (Å²) in [6, 6.07) is 0. The van der Waals surface area contributed by atoms with Crippen LogP contribution in [0.15, 0.2) is 0 Å². The minimum atomic E-state index is -1.73. The monoisotopic (exact) mass is 326 g/mol. The number of ketones is 1. The maximum atomic E-state index is 11.8. The Morgan fingerprint density at radius 2 is 1.86 bits per heavy atom. The van der Waals surface area contributed by atoms with Crippen molar-refractivity contribution in [3.63, 3.8) is 0 Å². The van der Waals surface area contributed by atoms with Crippen LogP contribution in [-0.2, 0) is 14.3 Å². The topological polar surface area (TPSA) is 195 Å². The Labute approximate surface area is 125 Å². The number of aliphatic hydroxyl groups excluding tert-OH is 6. The summed E-state index contributed by atoms with van der Waals surface area (Å²) in [5.74, 6) is 4.26. The van der Waals surface area contributed by atoms with Crippen LogP contribution in [0.2, 0.25) is 0 Å². The fourth-order valence-corrected chi connectivity index (χ4v) is 2.00. The van der Waals surface area contributed by atoms with Crippen LogP contribution in [0.5, 0.6) is 0 Å². The third-order valence-electron chi connectivity index (χ3n) is 3.26. The number of carbonyl (C=O) groups is 1. The van der Waals surface area contributed by atoms with Crippen molar-refractivity contribution in [1.82, 2.24) is 5.43 Å². The van der Waals surface area contributed by atoms with Gasteiger partial charge in [-0.3, -0.25) is 16.1 Å². The van der Waals surface area contributed by atoms with E-state index in [0.717, 1.165) is 0 Å². The van der Waals surface area contributed by atoms with Gasteiger partial charge in [-0.2, -0.15) is 0 Å². The highest BCUT2D eigenvalue weighted by molar-refractivity contribution is 5.85. The number of hydrogen-bond acceptors (Lipinski definition) is 11. The Balaban J connectivity index is 2.84. The molecule has 1 saturated heterocycles. The van der Waals surface area contributed by atoms with Gasteiger partial charge in [0.15, 0.2) is 12.1 Å². The van der Waals surface area contributed by atoms with E-state index in [0.29, 0.717) is 0 Å². The van der Waals surface area contributed by atoms with Gasteiger partial charge in [-0.05, 0) is 0 Å². The van der Waals surface area contributed by atoms with Crippen molar-refractivity contribution in [2.45, 2.75) is 42.9 Å². The van der Waals surface area contributed by atoms with E-state index in [1.807, 2.05) is 0 Å². The van der Waals surface area contributed by atoms with Gasteiger partial charge in [0.25, 0.3) is 0 Å². The largest absolute Gasteiger partial charge is 0.394 e. The van der Waals surface area contributed by atoms with Crippen molar-refractivity contribution in [2.24, 2.45) is 5.84 Å². The molecule has 1 rings (SSSR count). The van der Waals surface area contributed by atoms with Gasteiger partial charge in [0.2, 0.25) is 0 Å². The molecule has 11 nitrogen and oxygen atoms in total. The van der Waals surface area contributed by atoms with E-state index >= 15 is 0 Å². The summed E-state index contributed by atoms with van der Waals surface area (Å²) in [7, 11) is 0. The molecule has 0 radical (unpaired) electrons. The molecule has 0 saturated carbocycles. The van der Waals surface area contributed by atoms with Crippen LogP contribution in [0.4, 0.5) is 0 Å². The van der Waals surface area contributed by atoms with Crippen LogP contribution in [0.25, 0.3) is 0 Å².